The molecule has 2 N–H and O–H groups in total. The number of aliphatic hydroxyl groups is 2. The fourth-order valence-corrected chi connectivity index (χ4v) is 6.02. The van der Waals surface area contributed by atoms with E-state index < -0.39 is 0 Å². The van der Waals surface area contributed by atoms with Crippen LogP contribution >= 0.6 is 0 Å². The van der Waals surface area contributed by atoms with Gasteiger partial charge < -0.3 is 24.2 Å². The second-order valence-corrected chi connectivity index (χ2v) is 13.8. The van der Waals surface area contributed by atoms with Crippen LogP contribution < -0.4 is 0 Å². The van der Waals surface area contributed by atoms with Crippen molar-refractivity contribution < 1.29 is 24.2 Å². The van der Waals surface area contributed by atoms with Crippen molar-refractivity contribution >= 4 is 0 Å². The molecule has 0 aromatic carbocycles. The lowest BCUT2D eigenvalue weighted by atomic mass is 10.0. The van der Waals surface area contributed by atoms with Crippen LogP contribution in [0.4, 0.5) is 0 Å². The lowest BCUT2D eigenvalue weighted by molar-refractivity contribution is -0.896. The second kappa shape index (κ2) is 28.6. The smallest absolute Gasteiger partial charge is 0.105 e. The van der Waals surface area contributed by atoms with Crippen LogP contribution in [-0.4, -0.2) is 79.5 Å². The number of ether oxygens (including phenoxy) is 2. The van der Waals surface area contributed by atoms with E-state index in [1.54, 1.807) is 0 Å². The Morgan fingerprint density at radius 2 is 0.732 bits per heavy atom. The zero-order valence-electron chi connectivity index (χ0n) is 28.9. The minimum atomic E-state index is -0.360. The molecule has 4 atom stereocenters. The van der Waals surface area contributed by atoms with Gasteiger partial charge in [-0.15, -0.1) is 0 Å². The highest BCUT2D eigenvalue weighted by atomic mass is 16.5. The maximum Gasteiger partial charge on any atom is 0.105 e. The van der Waals surface area contributed by atoms with E-state index in [2.05, 4.69) is 41.8 Å². The van der Waals surface area contributed by atoms with Gasteiger partial charge in [0.2, 0.25) is 0 Å². The first-order valence-corrected chi connectivity index (χ1v) is 18.1. The van der Waals surface area contributed by atoms with Gasteiger partial charge in [-0.1, -0.05) is 142 Å². The molecular weight excluding hydrogens is 510 g/mol. The van der Waals surface area contributed by atoms with Gasteiger partial charge >= 0.3 is 0 Å². The predicted molar refractivity (Wildman–Crippen MR) is 178 cm³/mol. The van der Waals surface area contributed by atoms with E-state index in [9.17, 15) is 10.2 Å². The third kappa shape index (κ3) is 29.6. The van der Waals surface area contributed by atoms with Gasteiger partial charge in [0.15, 0.2) is 0 Å². The van der Waals surface area contributed by atoms with Crippen molar-refractivity contribution in [2.75, 3.05) is 40.4 Å². The number of likely N-dealkylation sites (N-methyl/N-ethyl adjacent to an activating group) is 1. The van der Waals surface area contributed by atoms with Crippen molar-refractivity contribution in [1.29, 1.82) is 0 Å². The standard InChI is InChI=1S/C36H76NO4/c1-7-9-11-13-15-17-19-21-23-25-27-35(38)31-40-33(3)29-37(5,6)30-34(4)41-32-36(39)28-26-24-22-20-18-16-14-12-10-8-2/h33-36,38-39H,7-32H2,1-6H3/q+1. The van der Waals surface area contributed by atoms with Gasteiger partial charge in [-0.25, -0.2) is 0 Å². The van der Waals surface area contributed by atoms with Gasteiger partial charge in [0.05, 0.1) is 39.5 Å². The molecule has 0 aliphatic heterocycles. The summed E-state index contributed by atoms with van der Waals surface area (Å²) in [7, 11) is 4.42. The number of rotatable bonds is 32. The highest BCUT2D eigenvalue weighted by molar-refractivity contribution is 4.60. The molecule has 0 saturated carbocycles. The quantitative estimate of drug-likeness (QED) is 0.0609. The number of hydrogen-bond acceptors (Lipinski definition) is 4. The fraction of sp³-hybridized carbons (Fsp3) is 1.00. The first-order chi connectivity index (χ1) is 19.7. The van der Waals surface area contributed by atoms with Crippen molar-refractivity contribution in [3.05, 3.63) is 0 Å². The number of quaternary nitrogens is 1. The predicted octanol–water partition coefficient (Wildman–Crippen LogP) is 9.22. The van der Waals surface area contributed by atoms with Gasteiger partial charge in [-0.3, -0.25) is 0 Å². The Kier molecular flexibility index (Phi) is 28.4. The Labute approximate surface area is 257 Å². The Balaban J connectivity index is 3.79. The van der Waals surface area contributed by atoms with Crippen LogP contribution in [0.25, 0.3) is 0 Å². The molecule has 0 aromatic rings. The van der Waals surface area contributed by atoms with Crippen molar-refractivity contribution in [3.63, 3.8) is 0 Å². The molecule has 0 saturated heterocycles. The first kappa shape index (κ1) is 40.8. The van der Waals surface area contributed by atoms with Crippen molar-refractivity contribution in [2.24, 2.45) is 0 Å². The number of unbranched alkanes of at least 4 members (excludes halogenated alkanes) is 18. The van der Waals surface area contributed by atoms with Gasteiger partial charge in [-0.05, 0) is 26.7 Å². The topological polar surface area (TPSA) is 58.9 Å². The Morgan fingerprint density at radius 3 is 1.02 bits per heavy atom. The van der Waals surface area contributed by atoms with Crippen LogP contribution in [0.15, 0.2) is 0 Å². The highest BCUT2D eigenvalue weighted by Crippen LogP contribution is 2.15. The maximum absolute atomic E-state index is 10.4. The lowest BCUT2D eigenvalue weighted by Gasteiger charge is -2.34. The minimum absolute atomic E-state index is 0.0847. The molecule has 0 amide bonds. The molecule has 41 heavy (non-hydrogen) atoms. The van der Waals surface area contributed by atoms with Crippen LogP contribution in [0.2, 0.25) is 0 Å². The summed E-state index contributed by atoms with van der Waals surface area (Å²) in [4.78, 5) is 0. The molecule has 0 aliphatic rings. The van der Waals surface area contributed by atoms with E-state index in [1.807, 2.05) is 0 Å². The minimum Gasteiger partial charge on any atom is -0.391 e. The molecular formula is C36H76NO4+. The Hall–Kier alpha value is -0.200. The van der Waals surface area contributed by atoms with Crippen LogP contribution in [-0.2, 0) is 9.47 Å². The SMILES string of the molecule is CCCCCCCCCCCCC(O)COC(C)C[N+](C)(C)CC(C)OCC(O)CCCCCCCCCCCC. The van der Waals surface area contributed by atoms with Gasteiger partial charge in [0.25, 0.3) is 0 Å². The third-order valence-electron chi connectivity index (χ3n) is 8.43. The monoisotopic (exact) mass is 587 g/mol. The number of nitrogens with zero attached hydrogens (tertiary/aromatic N) is 1. The van der Waals surface area contributed by atoms with Crippen LogP contribution in [0.3, 0.4) is 0 Å². The third-order valence-corrected chi connectivity index (χ3v) is 8.43. The van der Waals surface area contributed by atoms with Crippen LogP contribution in [0.1, 0.15) is 169 Å². The van der Waals surface area contributed by atoms with Gasteiger partial charge in [0.1, 0.15) is 25.3 Å². The van der Waals surface area contributed by atoms with Crippen molar-refractivity contribution in [2.45, 2.75) is 193 Å². The Bertz CT molecular complexity index is 486. The molecule has 0 aliphatic carbocycles. The normalized spacial score (nSPS) is 15.2. The highest BCUT2D eigenvalue weighted by Gasteiger charge is 2.24. The molecule has 4 unspecified atom stereocenters. The number of hydrogen-bond donors (Lipinski definition) is 2. The van der Waals surface area contributed by atoms with Gasteiger partial charge in [-0.2, -0.15) is 0 Å². The second-order valence-electron chi connectivity index (χ2n) is 13.8. The summed E-state index contributed by atoms with van der Waals surface area (Å²) in [6, 6.07) is 0. The van der Waals surface area contributed by atoms with E-state index in [1.165, 1.54) is 116 Å². The van der Waals surface area contributed by atoms with E-state index >= 15 is 0 Å². The summed E-state index contributed by atoms with van der Waals surface area (Å²) in [6.07, 6.45) is 27.5. The van der Waals surface area contributed by atoms with Crippen molar-refractivity contribution in [1.82, 2.24) is 0 Å². The molecule has 5 nitrogen and oxygen atoms in total. The molecule has 0 heterocycles. The average Bonchev–Trinajstić information content (AvgIpc) is 2.92. The molecule has 0 fully saturated rings. The van der Waals surface area contributed by atoms with Crippen LogP contribution in [0.5, 0.6) is 0 Å². The number of aliphatic hydroxyl groups excluding tert-OH is 2. The largest absolute Gasteiger partial charge is 0.391 e. The summed E-state index contributed by atoms with van der Waals surface area (Å²) < 4.78 is 12.8. The summed E-state index contributed by atoms with van der Waals surface area (Å²) in [5.74, 6) is 0. The van der Waals surface area contributed by atoms with E-state index in [0.717, 1.165) is 43.3 Å². The lowest BCUT2D eigenvalue weighted by Crippen LogP contribution is -2.50. The molecule has 0 bridgehead atoms. The Morgan fingerprint density at radius 1 is 0.463 bits per heavy atom. The molecule has 0 aromatic heterocycles. The summed E-state index contributed by atoms with van der Waals surface area (Å²) in [6.45, 7) is 11.4. The molecule has 5 heteroatoms. The average molecular weight is 587 g/mol. The molecule has 0 rings (SSSR count). The van der Waals surface area contributed by atoms with Crippen LogP contribution in [0, 0.1) is 0 Å². The molecule has 0 spiro atoms. The van der Waals surface area contributed by atoms with Gasteiger partial charge in [0, 0.05) is 0 Å². The first-order valence-electron chi connectivity index (χ1n) is 18.1. The van der Waals surface area contributed by atoms with E-state index in [0.29, 0.717) is 13.2 Å². The zero-order chi connectivity index (χ0) is 30.6. The van der Waals surface area contributed by atoms with E-state index in [-0.39, 0.29) is 24.4 Å². The zero-order valence-corrected chi connectivity index (χ0v) is 28.9. The summed E-state index contributed by atoms with van der Waals surface area (Å²) in [5, 5.41) is 20.7. The molecule has 0 radical (unpaired) electrons. The van der Waals surface area contributed by atoms with E-state index in [4.69, 9.17) is 9.47 Å². The fourth-order valence-electron chi connectivity index (χ4n) is 6.02. The molecule has 248 valence electrons. The maximum atomic E-state index is 10.4. The summed E-state index contributed by atoms with van der Waals surface area (Å²) in [5.41, 5.74) is 0. The van der Waals surface area contributed by atoms with Crippen molar-refractivity contribution in [3.8, 4) is 0 Å². The summed E-state index contributed by atoms with van der Waals surface area (Å²) >= 11 is 0.